The number of aryl methyl sites for hydroxylation is 1. The van der Waals surface area contributed by atoms with Gasteiger partial charge in [0.1, 0.15) is 15.6 Å². The molecule has 0 unspecified atom stereocenters. The average molecular weight is 443 g/mol. The van der Waals surface area contributed by atoms with E-state index in [4.69, 9.17) is 4.74 Å². The number of rotatable bonds is 6. The Balaban J connectivity index is 1.54. The summed E-state index contributed by atoms with van der Waals surface area (Å²) in [7, 11) is 0. The first-order valence-corrected chi connectivity index (χ1v) is 11.4. The third kappa shape index (κ3) is 4.85. The first kappa shape index (κ1) is 20.5. The van der Waals surface area contributed by atoms with E-state index >= 15 is 0 Å². The molecule has 2 aromatic heterocycles. The molecule has 3 aromatic rings. The average Bonchev–Trinajstić information content (AvgIpc) is 3.39. The fourth-order valence-corrected chi connectivity index (χ4v) is 4.85. The number of carbonyl (C=O) groups is 2. The molecule has 1 N–H and O–H groups in total. The van der Waals surface area contributed by atoms with Crippen molar-refractivity contribution in [3.8, 4) is 16.2 Å². The molecule has 9 heteroatoms. The van der Waals surface area contributed by atoms with Gasteiger partial charge in [-0.15, -0.1) is 21.5 Å². The summed E-state index contributed by atoms with van der Waals surface area (Å²) in [5, 5.41) is 11.9. The fourth-order valence-electron chi connectivity index (χ4n) is 3.26. The van der Waals surface area contributed by atoms with E-state index in [0.29, 0.717) is 15.8 Å². The second-order valence-electron chi connectivity index (χ2n) is 6.98. The van der Waals surface area contributed by atoms with E-state index in [1.54, 1.807) is 0 Å². The van der Waals surface area contributed by atoms with Gasteiger partial charge in [0.2, 0.25) is 5.13 Å². The maximum atomic E-state index is 12.9. The molecule has 156 valence electrons. The van der Waals surface area contributed by atoms with Gasteiger partial charge in [0.25, 0.3) is 11.8 Å². The Kier molecular flexibility index (Phi) is 6.39. The summed E-state index contributed by atoms with van der Waals surface area (Å²) < 4.78 is 5.84. The number of amides is 2. The smallest absolute Gasteiger partial charge is 0.271 e. The molecule has 2 amide bonds. The van der Waals surface area contributed by atoms with Crippen LogP contribution in [0.4, 0.5) is 5.13 Å². The minimum Gasteiger partial charge on any atom is -0.482 e. The van der Waals surface area contributed by atoms with Crippen molar-refractivity contribution in [3.05, 3.63) is 46.3 Å². The van der Waals surface area contributed by atoms with E-state index in [1.165, 1.54) is 22.7 Å². The minimum absolute atomic E-state index is 0.0479. The van der Waals surface area contributed by atoms with Crippen molar-refractivity contribution in [2.75, 3.05) is 25.0 Å². The van der Waals surface area contributed by atoms with Crippen LogP contribution in [0.3, 0.4) is 0 Å². The van der Waals surface area contributed by atoms with Crippen molar-refractivity contribution >= 4 is 39.6 Å². The van der Waals surface area contributed by atoms with Gasteiger partial charge in [-0.2, -0.15) is 0 Å². The standard InChI is InChI=1S/C21H22N4O3S2/c1-14-23-24-21(29-14)22-20(27)19-16(12-17(30-19)15-8-4-2-5-9-15)28-13-18(26)25-10-6-3-7-11-25/h2,4-5,8-9,12H,3,6-7,10-11,13H2,1H3,(H,22,24,27). The third-order valence-electron chi connectivity index (χ3n) is 4.77. The molecule has 0 radical (unpaired) electrons. The highest BCUT2D eigenvalue weighted by Gasteiger charge is 2.22. The lowest BCUT2D eigenvalue weighted by Crippen LogP contribution is -2.38. The summed E-state index contributed by atoms with van der Waals surface area (Å²) >= 11 is 2.63. The van der Waals surface area contributed by atoms with Gasteiger partial charge >= 0.3 is 0 Å². The zero-order valence-electron chi connectivity index (χ0n) is 16.6. The Morgan fingerprint density at radius 2 is 1.87 bits per heavy atom. The monoisotopic (exact) mass is 442 g/mol. The fraction of sp³-hybridized carbons (Fsp3) is 0.333. The van der Waals surface area contributed by atoms with Crippen LogP contribution in [0.25, 0.3) is 10.4 Å². The molecule has 1 aliphatic heterocycles. The SMILES string of the molecule is Cc1nnc(NC(=O)c2sc(-c3ccccc3)cc2OCC(=O)N2CCCCC2)s1. The van der Waals surface area contributed by atoms with Gasteiger partial charge in [0.05, 0.1) is 0 Å². The van der Waals surface area contributed by atoms with Gasteiger partial charge < -0.3 is 9.64 Å². The molecule has 7 nitrogen and oxygen atoms in total. The predicted octanol–water partition coefficient (Wildman–Crippen LogP) is 4.22. The molecule has 4 rings (SSSR count). The van der Waals surface area contributed by atoms with Crippen LogP contribution in [0.1, 0.15) is 33.9 Å². The Hall–Kier alpha value is -2.78. The van der Waals surface area contributed by atoms with Crippen molar-refractivity contribution in [2.45, 2.75) is 26.2 Å². The van der Waals surface area contributed by atoms with E-state index in [0.717, 1.165) is 47.8 Å². The van der Waals surface area contributed by atoms with Crippen LogP contribution in [0.5, 0.6) is 5.75 Å². The van der Waals surface area contributed by atoms with E-state index in [2.05, 4.69) is 15.5 Å². The number of anilines is 1. The molecule has 1 saturated heterocycles. The van der Waals surface area contributed by atoms with Crippen LogP contribution >= 0.6 is 22.7 Å². The molecule has 1 aliphatic rings. The van der Waals surface area contributed by atoms with Gasteiger partial charge in [0.15, 0.2) is 6.61 Å². The summed E-state index contributed by atoms with van der Waals surface area (Å²) in [4.78, 5) is 28.5. The maximum Gasteiger partial charge on any atom is 0.271 e. The Morgan fingerprint density at radius 1 is 1.10 bits per heavy atom. The number of hydrogen-bond acceptors (Lipinski definition) is 7. The molecule has 1 fully saturated rings. The van der Waals surface area contributed by atoms with Crippen molar-refractivity contribution in [2.24, 2.45) is 0 Å². The molecular weight excluding hydrogens is 420 g/mol. The van der Waals surface area contributed by atoms with E-state index in [9.17, 15) is 9.59 Å². The van der Waals surface area contributed by atoms with Crippen LogP contribution in [0.15, 0.2) is 36.4 Å². The lowest BCUT2D eigenvalue weighted by molar-refractivity contribution is -0.134. The highest BCUT2D eigenvalue weighted by atomic mass is 32.1. The number of thiophene rings is 1. The Labute approximate surface area is 182 Å². The highest BCUT2D eigenvalue weighted by Crippen LogP contribution is 2.37. The first-order chi connectivity index (χ1) is 14.6. The van der Waals surface area contributed by atoms with Gasteiger partial charge in [-0.25, -0.2) is 0 Å². The van der Waals surface area contributed by atoms with Crippen molar-refractivity contribution in [1.82, 2.24) is 15.1 Å². The second kappa shape index (κ2) is 9.36. The normalized spacial score (nSPS) is 13.8. The summed E-state index contributed by atoms with van der Waals surface area (Å²) in [5.41, 5.74) is 0.987. The molecule has 30 heavy (non-hydrogen) atoms. The predicted molar refractivity (Wildman–Crippen MR) is 118 cm³/mol. The zero-order valence-corrected chi connectivity index (χ0v) is 18.2. The number of nitrogens with one attached hydrogen (secondary N) is 1. The number of ether oxygens (including phenoxy) is 1. The molecule has 0 spiro atoms. The second-order valence-corrected chi connectivity index (χ2v) is 9.21. The molecular formula is C21H22N4O3S2. The Morgan fingerprint density at radius 3 is 2.57 bits per heavy atom. The molecule has 0 atom stereocenters. The highest BCUT2D eigenvalue weighted by molar-refractivity contribution is 7.18. The van der Waals surface area contributed by atoms with Gasteiger partial charge in [-0.05, 0) is 37.8 Å². The molecule has 3 heterocycles. The molecule has 0 bridgehead atoms. The Bertz CT molecular complexity index is 1030. The van der Waals surface area contributed by atoms with Crippen LogP contribution < -0.4 is 10.1 Å². The van der Waals surface area contributed by atoms with Crippen molar-refractivity contribution < 1.29 is 14.3 Å². The van der Waals surface area contributed by atoms with E-state index < -0.39 is 0 Å². The summed E-state index contributed by atoms with van der Waals surface area (Å²) in [6.07, 6.45) is 3.21. The quantitative estimate of drug-likeness (QED) is 0.618. The lowest BCUT2D eigenvalue weighted by atomic mass is 10.1. The van der Waals surface area contributed by atoms with Crippen LogP contribution in [0.2, 0.25) is 0 Å². The number of benzene rings is 1. The maximum absolute atomic E-state index is 12.9. The first-order valence-electron chi connectivity index (χ1n) is 9.81. The summed E-state index contributed by atoms with van der Waals surface area (Å²) in [6, 6.07) is 11.6. The van der Waals surface area contributed by atoms with Crippen LogP contribution in [0, 0.1) is 6.92 Å². The lowest BCUT2D eigenvalue weighted by Gasteiger charge is -2.26. The van der Waals surface area contributed by atoms with Crippen LogP contribution in [-0.2, 0) is 4.79 Å². The third-order valence-corrected chi connectivity index (χ3v) is 6.69. The number of likely N-dealkylation sites (tertiary alicyclic amines) is 1. The van der Waals surface area contributed by atoms with E-state index in [1.807, 2.05) is 48.2 Å². The summed E-state index contributed by atoms with van der Waals surface area (Å²) in [5.74, 6) is 0.0370. The number of carbonyl (C=O) groups excluding carboxylic acids is 2. The molecule has 0 aliphatic carbocycles. The zero-order chi connectivity index (χ0) is 20.9. The number of hydrogen-bond donors (Lipinski definition) is 1. The molecule has 0 saturated carbocycles. The van der Waals surface area contributed by atoms with E-state index in [-0.39, 0.29) is 18.4 Å². The summed E-state index contributed by atoms with van der Waals surface area (Å²) in [6.45, 7) is 3.28. The molecule has 1 aromatic carbocycles. The number of aromatic nitrogens is 2. The van der Waals surface area contributed by atoms with Crippen LogP contribution in [-0.4, -0.2) is 46.6 Å². The van der Waals surface area contributed by atoms with Gasteiger partial charge in [-0.1, -0.05) is 41.7 Å². The topological polar surface area (TPSA) is 84.4 Å². The largest absolute Gasteiger partial charge is 0.482 e. The van der Waals surface area contributed by atoms with Gasteiger partial charge in [0, 0.05) is 18.0 Å². The van der Waals surface area contributed by atoms with Crippen molar-refractivity contribution in [3.63, 3.8) is 0 Å². The number of nitrogens with zero attached hydrogens (tertiary/aromatic N) is 3. The van der Waals surface area contributed by atoms with Crippen molar-refractivity contribution in [1.29, 1.82) is 0 Å². The van der Waals surface area contributed by atoms with Gasteiger partial charge in [-0.3, -0.25) is 14.9 Å². The number of piperidine rings is 1. The minimum atomic E-state index is -0.321.